The third-order valence-corrected chi connectivity index (χ3v) is 6.81. The van der Waals surface area contributed by atoms with Gasteiger partial charge in [-0.05, 0) is 69.4 Å². The molecule has 0 fully saturated rings. The molecule has 39 heavy (non-hydrogen) atoms. The fourth-order valence-electron chi connectivity index (χ4n) is 5.29. The number of hydrogen-bond acceptors (Lipinski definition) is 4. The van der Waals surface area contributed by atoms with Crippen LogP contribution >= 0.6 is 0 Å². The molecule has 4 rings (SSSR count). The minimum absolute atomic E-state index is 0. The van der Waals surface area contributed by atoms with Crippen molar-refractivity contribution in [3.63, 3.8) is 0 Å². The average Bonchev–Trinajstić information content (AvgIpc) is 3.12. The monoisotopic (exact) mass is 563 g/mol. The second-order valence-electron chi connectivity index (χ2n) is 10.6. The summed E-state index contributed by atoms with van der Waals surface area (Å²) in [6.07, 6.45) is -0.905. The van der Waals surface area contributed by atoms with Crippen molar-refractivity contribution in [1.82, 2.24) is 0 Å². The molecule has 0 aromatic heterocycles. The first-order valence-electron chi connectivity index (χ1n) is 12.4. The van der Waals surface area contributed by atoms with Crippen LogP contribution in [0.4, 0.5) is 23.4 Å². The molecule has 1 amide bonds. The Bertz CT molecular complexity index is 1390. The maximum Gasteiger partial charge on any atom is 1.00 e. The van der Waals surface area contributed by atoms with Crippen molar-refractivity contribution in [1.29, 1.82) is 0 Å². The Morgan fingerprint density at radius 3 is 1.87 bits per heavy atom. The van der Waals surface area contributed by atoms with Gasteiger partial charge < -0.3 is 22.4 Å². The van der Waals surface area contributed by atoms with Gasteiger partial charge in [0.05, 0.1) is 5.56 Å². The van der Waals surface area contributed by atoms with E-state index in [0.717, 1.165) is 22.3 Å². The number of esters is 1. The summed E-state index contributed by atoms with van der Waals surface area (Å²) in [5.41, 5.74) is 1.77. The minimum Gasteiger partial charge on any atom is -0.456 e. The predicted molar refractivity (Wildman–Crippen MR) is 143 cm³/mol. The third kappa shape index (κ3) is 6.46. The van der Waals surface area contributed by atoms with Gasteiger partial charge in [0.2, 0.25) is 0 Å². The first-order valence-corrected chi connectivity index (χ1v) is 12.4. The van der Waals surface area contributed by atoms with E-state index in [-0.39, 0.29) is 91.9 Å². The molecule has 1 N–H and O–H groups in total. The van der Waals surface area contributed by atoms with Gasteiger partial charge in [-0.25, -0.2) is 9.59 Å². The molecule has 5 nitrogen and oxygen atoms in total. The summed E-state index contributed by atoms with van der Waals surface area (Å²) in [4.78, 5) is 25.9. The van der Waals surface area contributed by atoms with E-state index in [0.29, 0.717) is 0 Å². The first-order chi connectivity index (χ1) is 17.7. The van der Waals surface area contributed by atoms with Crippen LogP contribution in [0.3, 0.4) is 0 Å². The number of halogens is 3. The quantitative estimate of drug-likeness (QED) is 0.377. The van der Waals surface area contributed by atoms with Crippen LogP contribution in [0, 0.1) is 20.8 Å². The van der Waals surface area contributed by atoms with Gasteiger partial charge in [-0.1, -0.05) is 65.1 Å². The maximum atomic E-state index is 14.1. The predicted octanol–water partition coefficient (Wildman–Crippen LogP) is 3.99. The fourth-order valence-corrected chi connectivity index (χ4v) is 5.29. The second kappa shape index (κ2) is 11.8. The maximum absolute atomic E-state index is 14.1. The van der Waals surface area contributed by atoms with Crippen molar-refractivity contribution < 1.29 is 83.4 Å². The molecule has 0 atom stereocenters. The van der Waals surface area contributed by atoms with Gasteiger partial charge in [0, 0.05) is 11.6 Å². The molecule has 3 aromatic carbocycles. The summed E-state index contributed by atoms with van der Waals surface area (Å²) in [6.45, 7) is 3.43. The molecule has 0 saturated heterocycles. The number of rotatable bonds is 5. The summed E-state index contributed by atoms with van der Waals surface area (Å²) >= 11 is 0. The molecular formula is C29H30BF3KNO4. The topological polar surface area (TPSA) is 64.6 Å². The molecule has 0 bridgehead atoms. The van der Waals surface area contributed by atoms with Crippen LogP contribution in [0.2, 0.25) is 0 Å². The van der Waals surface area contributed by atoms with E-state index < -0.39 is 30.1 Å². The molecule has 1 aliphatic carbocycles. The summed E-state index contributed by atoms with van der Waals surface area (Å²) in [6, 6.07) is 15.7. The van der Waals surface area contributed by atoms with Crippen LogP contribution < -0.4 is 62.2 Å². The van der Waals surface area contributed by atoms with Gasteiger partial charge in [-0.3, -0.25) is 5.32 Å². The van der Waals surface area contributed by atoms with Gasteiger partial charge >= 0.3 is 70.4 Å². The average molecular weight is 563 g/mol. The van der Waals surface area contributed by atoms with E-state index in [1.807, 2.05) is 48.5 Å². The van der Waals surface area contributed by atoms with Crippen LogP contribution in [0.5, 0.6) is 0 Å². The zero-order valence-corrected chi connectivity index (χ0v) is 26.4. The number of hydrogen-bond donors (Lipinski definition) is 1. The SMILES string of the molecule is Cc1c(NC(=O)OCC2c3ccccc3-c3ccccc32)c(C)c([B-](F)(F)F)c(C)c1C(=O)OC(C)(C)C.[K+]. The van der Waals surface area contributed by atoms with Crippen molar-refractivity contribution in [3.05, 3.63) is 81.9 Å². The number of benzene rings is 3. The van der Waals surface area contributed by atoms with E-state index in [9.17, 15) is 22.5 Å². The Balaban J connectivity index is 0.00000420. The fraction of sp³-hybridized carbons (Fsp3) is 0.310. The molecule has 200 valence electrons. The van der Waals surface area contributed by atoms with Crippen LogP contribution in [-0.4, -0.2) is 31.2 Å². The Kier molecular flexibility index (Phi) is 9.49. The van der Waals surface area contributed by atoms with Crippen LogP contribution in [0.25, 0.3) is 11.1 Å². The molecule has 0 radical (unpaired) electrons. The van der Waals surface area contributed by atoms with E-state index in [1.165, 1.54) is 20.8 Å². The number of fused-ring (bicyclic) bond motifs is 3. The Labute approximate surface area is 269 Å². The van der Waals surface area contributed by atoms with E-state index in [1.54, 1.807) is 20.8 Å². The van der Waals surface area contributed by atoms with E-state index in [4.69, 9.17) is 9.47 Å². The molecule has 10 heteroatoms. The van der Waals surface area contributed by atoms with E-state index >= 15 is 0 Å². The standard InChI is InChI=1S/C29H30BF3NO4.K/c1-16-24(27(35)38-29(4,5)6)17(2)26(18(3)25(16)30(31,32)33)34-28(36)37-15-23-21-13-9-7-11-19(21)20-12-8-10-14-22(20)23;/h7-14,23H,15H2,1-6H3,(H,34,36);/q-1;+1. The summed E-state index contributed by atoms with van der Waals surface area (Å²) in [5, 5.41) is 2.49. The first kappa shape index (κ1) is 31.4. The Hall–Kier alpha value is -2.11. The largest absolute Gasteiger partial charge is 1.00 e. The molecule has 0 heterocycles. The second-order valence-corrected chi connectivity index (χ2v) is 10.6. The summed E-state index contributed by atoms with van der Waals surface area (Å²) in [7, 11) is 0. The zero-order chi connectivity index (χ0) is 28.0. The van der Waals surface area contributed by atoms with Crippen LogP contribution in [0.1, 0.15) is 64.9 Å². The van der Waals surface area contributed by atoms with Gasteiger partial charge in [-0.15, -0.1) is 0 Å². The minimum atomic E-state index is -5.49. The molecular weight excluding hydrogens is 533 g/mol. The van der Waals surface area contributed by atoms with Gasteiger partial charge in [-0.2, -0.15) is 0 Å². The Morgan fingerprint density at radius 2 is 1.38 bits per heavy atom. The van der Waals surface area contributed by atoms with Crippen LogP contribution in [0.15, 0.2) is 48.5 Å². The van der Waals surface area contributed by atoms with Crippen molar-refractivity contribution in [2.45, 2.75) is 53.1 Å². The number of carbonyl (C=O) groups is 2. The molecule has 0 unspecified atom stereocenters. The molecule has 3 aromatic rings. The van der Waals surface area contributed by atoms with Gasteiger partial charge in [0.25, 0.3) is 0 Å². The summed E-state index contributed by atoms with van der Waals surface area (Å²) in [5.74, 6) is -1.09. The van der Waals surface area contributed by atoms with Crippen molar-refractivity contribution >= 4 is 30.2 Å². The number of ether oxygens (including phenoxy) is 2. The molecule has 0 aliphatic heterocycles. The van der Waals surface area contributed by atoms with Crippen molar-refractivity contribution in [2.24, 2.45) is 0 Å². The smallest absolute Gasteiger partial charge is 0.456 e. The number of anilines is 1. The summed E-state index contributed by atoms with van der Waals surface area (Å²) < 4.78 is 53.4. The Morgan fingerprint density at radius 1 is 0.872 bits per heavy atom. The van der Waals surface area contributed by atoms with Crippen molar-refractivity contribution in [3.8, 4) is 11.1 Å². The van der Waals surface area contributed by atoms with Gasteiger partial charge in [0.15, 0.2) is 0 Å². The third-order valence-electron chi connectivity index (χ3n) is 6.81. The van der Waals surface area contributed by atoms with Gasteiger partial charge in [0.1, 0.15) is 12.2 Å². The van der Waals surface area contributed by atoms with Crippen LogP contribution in [-0.2, 0) is 9.47 Å². The number of amides is 1. The van der Waals surface area contributed by atoms with E-state index in [2.05, 4.69) is 5.32 Å². The normalized spacial score (nSPS) is 12.7. The number of carbonyl (C=O) groups excluding carboxylic acids is 2. The van der Waals surface area contributed by atoms with Crippen molar-refractivity contribution in [2.75, 3.05) is 11.9 Å². The number of nitrogens with one attached hydrogen (secondary N) is 1. The molecule has 1 aliphatic rings. The molecule has 0 saturated carbocycles. The molecule has 0 spiro atoms. The zero-order valence-electron chi connectivity index (χ0n) is 23.2.